The van der Waals surface area contributed by atoms with E-state index in [-0.39, 0.29) is 51.4 Å². The van der Waals surface area contributed by atoms with E-state index in [1.165, 1.54) is 0 Å². The number of amides is 1. The lowest BCUT2D eigenvalue weighted by atomic mass is 9.97. The number of nitrogens with zero attached hydrogens (tertiary/aromatic N) is 3. The fraction of sp³-hybridized carbons (Fsp3) is 0.394. The van der Waals surface area contributed by atoms with Gasteiger partial charge in [0.2, 0.25) is 5.79 Å². The third kappa shape index (κ3) is 5.44. The van der Waals surface area contributed by atoms with Crippen LogP contribution in [-0.2, 0) is 20.8 Å². The summed E-state index contributed by atoms with van der Waals surface area (Å²) in [4.78, 5) is 31.7. The number of carbonyl (C=O) groups excluding carboxylic acids is 1. The first-order valence-electron chi connectivity index (χ1n) is 14.8. The van der Waals surface area contributed by atoms with Crippen molar-refractivity contribution in [3.05, 3.63) is 75.3 Å². The SMILES string of the molecule is COC1(OC)CN(c2cc(Cl)c(C(=O)N3COc4c(cccc4-c4ccc(C(=O)O)c(N5C6CCC5COC6)c4)C3)c(Cl)c2)C1.O. The maximum atomic E-state index is 13.7. The predicted octanol–water partition coefficient (Wildman–Crippen LogP) is 4.70. The van der Waals surface area contributed by atoms with Crippen LogP contribution < -0.4 is 14.5 Å². The highest BCUT2D eigenvalue weighted by Gasteiger charge is 2.44. The van der Waals surface area contributed by atoms with Gasteiger partial charge >= 0.3 is 5.97 Å². The van der Waals surface area contributed by atoms with Crippen LogP contribution >= 0.6 is 23.2 Å². The van der Waals surface area contributed by atoms with Crippen molar-refractivity contribution in [1.82, 2.24) is 4.90 Å². The van der Waals surface area contributed by atoms with E-state index >= 15 is 0 Å². The number of fused-ring (bicyclic) bond motifs is 3. The van der Waals surface area contributed by atoms with E-state index < -0.39 is 11.8 Å². The van der Waals surface area contributed by atoms with Crippen LogP contribution in [0.25, 0.3) is 11.1 Å². The predicted molar refractivity (Wildman–Crippen MR) is 173 cm³/mol. The topological polar surface area (TPSA) is 133 Å². The van der Waals surface area contributed by atoms with Crippen LogP contribution in [0.3, 0.4) is 0 Å². The van der Waals surface area contributed by atoms with Crippen molar-refractivity contribution < 1.29 is 39.1 Å². The molecule has 0 spiro atoms. The van der Waals surface area contributed by atoms with Gasteiger partial charge in [-0.3, -0.25) is 4.79 Å². The fourth-order valence-electron chi connectivity index (χ4n) is 6.91. The van der Waals surface area contributed by atoms with Crippen molar-refractivity contribution in [3.63, 3.8) is 0 Å². The molecule has 2 bridgehead atoms. The average molecular weight is 673 g/mol. The van der Waals surface area contributed by atoms with Gasteiger partial charge in [-0.2, -0.15) is 0 Å². The molecule has 7 rings (SSSR count). The number of para-hydroxylation sites is 1. The summed E-state index contributed by atoms with van der Waals surface area (Å²) in [6.45, 7) is 2.48. The molecule has 2 atom stereocenters. The zero-order chi connectivity index (χ0) is 31.5. The van der Waals surface area contributed by atoms with Gasteiger partial charge in [0.25, 0.3) is 5.91 Å². The van der Waals surface area contributed by atoms with Crippen molar-refractivity contribution in [2.24, 2.45) is 0 Å². The number of rotatable bonds is 7. The zero-order valence-corrected chi connectivity index (χ0v) is 26.9. The van der Waals surface area contributed by atoms with Gasteiger partial charge in [-0.1, -0.05) is 47.5 Å². The van der Waals surface area contributed by atoms with Crippen LogP contribution in [0.4, 0.5) is 11.4 Å². The normalized spacial score (nSPS) is 21.2. The Morgan fingerprint density at radius 2 is 1.65 bits per heavy atom. The first-order valence-corrected chi connectivity index (χ1v) is 15.6. The summed E-state index contributed by atoms with van der Waals surface area (Å²) >= 11 is 13.3. The van der Waals surface area contributed by atoms with E-state index in [1.807, 2.05) is 35.2 Å². The van der Waals surface area contributed by atoms with Crippen LogP contribution in [0.1, 0.15) is 39.1 Å². The lowest BCUT2D eigenvalue weighted by Gasteiger charge is -2.48. The summed E-state index contributed by atoms with van der Waals surface area (Å²) in [5.41, 5.74) is 4.45. The largest absolute Gasteiger partial charge is 0.478 e. The van der Waals surface area contributed by atoms with Gasteiger partial charge in [-0.25, -0.2) is 4.79 Å². The highest BCUT2D eigenvalue weighted by atomic mass is 35.5. The number of aromatic carboxylic acids is 1. The summed E-state index contributed by atoms with van der Waals surface area (Å²) in [6.07, 6.45) is 1.94. The maximum absolute atomic E-state index is 13.7. The minimum Gasteiger partial charge on any atom is -0.478 e. The van der Waals surface area contributed by atoms with Gasteiger partial charge in [0.05, 0.1) is 71.8 Å². The monoisotopic (exact) mass is 671 g/mol. The van der Waals surface area contributed by atoms with Gasteiger partial charge in [-0.05, 0) is 42.7 Å². The molecule has 0 saturated carbocycles. The smallest absolute Gasteiger partial charge is 0.337 e. The van der Waals surface area contributed by atoms with Gasteiger partial charge in [0, 0.05) is 31.0 Å². The molecule has 13 heteroatoms. The molecule has 3 aromatic rings. The fourth-order valence-corrected chi connectivity index (χ4v) is 7.55. The Balaban J connectivity index is 0.00000372. The molecule has 1 amide bonds. The van der Waals surface area contributed by atoms with Crippen molar-refractivity contribution >= 4 is 46.5 Å². The number of methoxy groups -OCH3 is 2. The zero-order valence-electron chi connectivity index (χ0n) is 25.4. The van der Waals surface area contributed by atoms with Gasteiger partial charge < -0.3 is 44.2 Å². The van der Waals surface area contributed by atoms with E-state index in [0.717, 1.165) is 35.2 Å². The van der Waals surface area contributed by atoms with Crippen molar-refractivity contribution in [3.8, 4) is 16.9 Å². The molecule has 2 unspecified atom stereocenters. The van der Waals surface area contributed by atoms with E-state index in [0.29, 0.717) is 44.3 Å². The lowest BCUT2D eigenvalue weighted by Crippen LogP contribution is -2.64. The molecule has 46 heavy (non-hydrogen) atoms. The molecule has 4 heterocycles. The first-order chi connectivity index (χ1) is 21.7. The van der Waals surface area contributed by atoms with Gasteiger partial charge in [0.1, 0.15) is 5.75 Å². The van der Waals surface area contributed by atoms with Crippen LogP contribution in [-0.4, -0.2) is 92.5 Å². The van der Waals surface area contributed by atoms with Crippen molar-refractivity contribution in [2.75, 3.05) is 57.1 Å². The lowest BCUT2D eigenvalue weighted by molar-refractivity contribution is -0.219. The molecule has 4 aliphatic rings. The number of halogens is 2. The second-order valence-corrected chi connectivity index (χ2v) is 12.7. The van der Waals surface area contributed by atoms with Gasteiger partial charge in [-0.15, -0.1) is 0 Å². The van der Waals surface area contributed by atoms with Crippen LogP contribution in [0, 0.1) is 0 Å². The average Bonchev–Trinajstić information content (AvgIpc) is 3.27. The Morgan fingerprint density at radius 3 is 2.28 bits per heavy atom. The van der Waals surface area contributed by atoms with Crippen molar-refractivity contribution in [2.45, 2.75) is 37.3 Å². The Morgan fingerprint density at radius 1 is 0.978 bits per heavy atom. The molecule has 244 valence electrons. The standard InChI is InChI=1S/C33H33Cl2N3O7.H2O/c1-42-33(43-2)16-37(17-33)23-11-26(34)29(27(35)12-23)31(39)36-13-20-4-3-5-24(30(20)45-18-36)19-6-9-25(32(40)41)28(10-19)38-21-7-8-22(38)15-44-14-21;/h3-6,9-12,21-22H,7-8,13-18H2,1-2H3,(H,40,41);1H2. The number of carboxylic acid groups (broad SMARTS) is 1. The van der Waals surface area contributed by atoms with Crippen LogP contribution in [0.2, 0.25) is 10.0 Å². The number of anilines is 2. The molecule has 3 N–H and O–H groups in total. The minimum atomic E-state index is -0.962. The molecule has 11 nitrogen and oxygen atoms in total. The summed E-state index contributed by atoms with van der Waals surface area (Å²) in [6, 6.07) is 15.0. The molecule has 0 aliphatic carbocycles. The van der Waals surface area contributed by atoms with Gasteiger partial charge in [0.15, 0.2) is 6.73 Å². The quantitative estimate of drug-likeness (QED) is 0.355. The van der Waals surface area contributed by atoms with E-state index in [9.17, 15) is 14.7 Å². The Kier molecular flexibility index (Phi) is 8.83. The van der Waals surface area contributed by atoms with E-state index in [2.05, 4.69) is 4.90 Å². The number of carboxylic acids is 1. The number of hydrogen-bond donors (Lipinski definition) is 1. The number of ether oxygens (including phenoxy) is 4. The Labute approximate surface area is 276 Å². The second kappa shape index (κ2) is 12.6. The maximum Gasteiger partial charge on any atom is 0.337 e. The molecular weight excluding hydrogens is 637 g/mol. The summed E-state index contributed by atoms with van der Waals surface area (Å²) in [5.74, 6) is -1.32. The Hall–Kier alpha value is -3.58. The molecular formula is C33H35Cl2N3O8. The summed E-state index contributed by atoms with van der Waals surface area (Å²) in [5, 5.41) is 10.5. The second-order valence-electron chi connectivity index (χ2n) is 11.9. The van der Waals surface area contributed by atoms with E-state index in [4.69, 9.17) is 42.1 Å². The molecule has 0 radical (unpaired) electrons. The van der Waals surface area contributed by atoms with Crippen LogP contribution in [0.5, 0.6) is 5.75 Å². The highest BCUT2D eigenvalue weighted by molar-refractivity contribution is 6.40. The van der Waals surface area contributed by atoms with E-state index in [1.54, 1.807) is 37.3 Å². The number of hydrogen-bond acceptors (Lipinski definition) is 8. The number of benzene rings is 3. The third-order valence-electron chi connectivity index (χ3n) is 9.38. The molecule has 4 aliphatic heterocycles. The highest BCUT2D eigenvalue weighted by Crippen LogP contribution is 2.43. The number of morpholine rings is 1. The Bertz CT molecular complexity index is 1640. The summed E-state index contributed by atoms with van der Waals surface area (Å²) in [7, 11) is 3.20. The number of carbonyl (C=O) groups is 2. The van der Waals surface area contributed by atoms with Crippen molar-refractivity contribution in [1.29, 1.82) is 0 Å². The molecule has 3 saturated heterocycles. The molecule has 3 aromatic carbocycles. The van der Waals surface area contributed by atoms with Crippen LogP contribution in [0.15, 0.2) is 48.5 Å². The first kappa shape index (κ1) is 32.4. The molecule has 3 fully saturated rings. The molecule has 0 aromatic heterocycles. The minimum absolute atomic E-state index is 0. The third-order valence-corrected chi connectivity index (χ3v) is 9.98. The summed E-state index contributed by atoms with van der Waals surface area (Å²) < 4.78 is 22.9.